The topological polar surface area (TPSA) is 71.3 Å². The summed E-state index contributed by atoms with van der Waals surface area (Å²) in [5.41, 5.74) is 1.64. The molecule has 0 atom stereocenters. The monoisotopic (exact) mass is 350 g/mol. The number of carbonyl (C=O) groups excluding carboxylic acids is 2. The van der Waals surface area contributed by atoms with E-state index >= 15 is 0 Å². The van der Waals surface area contributed by atoms with Crippen LogP contribution in [0.1, 0.15) is 22.5 Å². The lowest BCUT2D eigenvalue weighted by molar-refractivity contribution is -0.120. The second-order valence-corrected chi connectivity index (χ2v) is 5.14. The Balaban J connectivity index is 1.87. The van der Waals surface area contributed by atoms with E-state index in [0.29, 0.717) is 24.0 Å². The predicted molar refractivity (Wildman–Crippen MR) is 83.4 cm³/mol. The van der Waals surface area contributed by atoms with E-state index in [4.69, 9.17) is 4.42 Å². The molecule has 21 heavy (non-hydrogen) atoms. The first-order valence-corrected chi connectivity index (χ1v) is 7.57. The van der Waals surface area contributed by atoms with Gasteiger partial charge in [-0.05, 0) is 29.8 Å². The molecule has 2 rings (SSSR count). The van der Waals surface area contributed by atoms with Gasteiger partial charge in [0.2, 0.25) is 5.91 Å². The fourth-order valence-electron chi connectivity index (χ4n) is 1.68. The largest absolute Gasteiger partial charge is 0.459 e. The van der Waals surface area contributed by atoms with Gasteiger partial charge in [-0.1, -0.05) is 28.1 Å². The molecule has 0 radical (unpaired) electrons. The van der Waals surface area contributed by atoms with Crippen molar-refractivity contribution < 1.29 is 14.0 Å². The quantitative estimate of drug-likeness (QED) is 0.786. The Kier molecular flexibility index (Phi) is 5.57. The van der Waals surface area contributed by atoms with Crippen LogP contribution in [-0.2, 0) is 11.3 Å². The van der Waals surface area contributed by atoms with Crippen LogP contribution in [0.3, 0.4) is 0 Å². The van der Waals surface area contributed by atoms with Gasteiger partial charge in [0.1, 0.15) is 0 Å². The maximum atomic E-state index is 11.8. The second-order valence-electron chi connectivity index (χ2n) is 4.34. The lowest BCUT2D eigenvalue weighted by Gasteiger charge is -2.06. The number of rotatable bonds is 6. The molecule has 1 aromatic heterocycles. The number of alkyl halides is 1. The minimum atomic E-state index is -0.293. The molecule has 0 aliphatic rings. The molecule has 0 aliphatic carbocycles. The highest BCUT2D eigenvalue weighted by Gasteiger charge is 2.08. The van der Waals surface area contributed by atoms with Crippen molar-refractivity contribution in [2.24, 2.45) is 0 Å². The van der Waals surface area contributed by atoms with Crippen molar-refractivity contribution in [3.63, 3.8) is 0 Å². The molecule has 6 heteroatoms. The Morgan fingerprint density at radius 3 is 2.52 bits per heavy atom. The molecule has 0 saturated carbocycles. The van der Waals surface area contributed by atoms with Gasteiger partial charge in [0.05, 0.1) is 6.26 Å². The lowest BCUT2D eigenvalue weighted by Crippen LogP contribution is -2.22. The number of halogens is 1. The van der Waals surface area contributed by atoms with Gasteiger partial charge in [-0.2, -0.15) is 0 Å². The van der Waals surface area contributed by atoms with E-state index in [-0.39, 0.29) is 17.6 Å². The SMILES string of the molecule is O=C(CCBr)NCc1ccc(NC(=O)c2ccco2)cc1. The lowest BCUT2D eigenvalue weighted by atomic mass is 10.2. The number of nitrogens with one attached hydrogen (secondary N) is 2. The van der Waals surface area contributed by atoms with Crippen LogP contribution < -0.4 is 10.6 Å². The molecule has 110 valence electrons. The third kappa shape index (κ3) is 4.75. The third-order valence-electron chi connectivity index (χ3n) is 2.77. The molecule has 5 nitrogen and oxygen atoms in total. The summed E-state index contributed by atoms with van der Waals surface area (Å²) in [4.78, 5) is 23.1. The van der Waals surface area contributed by atoms with Gasteiger partial charge >= 0.3 is 0 Å². The summed E-state index contributed by atoms with van der Waals surface area (Å²) in [5.74, 6) is -0.0263. The zero-order valence-corrected chi connectivity index (χ0v) is 12.9. The number of hydrogen-bond donors (Lipinski definition) is 2. The molecule has 0 spiro atoms. The average molecular weight is 351 g/mol. The van der Waals surface area contributed by atoms with Crippen molar-refractivity contribution in [2.75, 3.05) is 10.6 Å². The van der Waals surface area contributed by atoms with E-state index in [0.717, 1.165) is 5.56 Å². The van der Waals surface area contributed by atoms with Gasteiger partial charge in [-0.25, -0.2) is 0 Å². The molecule has 0 unspecified atom stereocenters. The van der Waals surface area contributed by atoms with Crippen molar-refractivity contribution in [2.45, 2.75) is 13.0 Å². The molecular weight excluding hydrogens is 336 g/mol. The van der Waals surface area contributed by atoms with Gasteiger partial charge in [-0.3, -0.25) is 9.59 Å². The van der Waals surface area contributed by atoms with Crippen molar-refractivity contribution in [3.8, 4) is 0 Å². The Labute approximate surface area is 130 Å². The first-order valence-electron chi connectivity index (χ1n) is 6.45. The van der Waals surface area contributed by atoms with Crippen LogP contribution in [0, 0.1) is 0 Å². The molecular formula is C15H15BrN2O3. The van der Waals surface area contributed by atoms with Crippen LogP contribution in [0.2, 0.25) is 0 Å². The molecule has 0 aliphatic heterocycles. The van der Waals surface area contributed by atoms with Crippen LogP contribution >= 0.6 is 15.9 Å². The van der Waals surface area contributed by atoms with Crippen molar-refractivity contribution >= 4 is 33.4 Å². The van der Waals surface area contributed by atoms with Gasteiger partial charge in [0.25, 0.3) is 5.91 Å². The third-order valence-corrected chi connectivity index (χ3v) is 3.16. The Morgan fingerprint density at radius 1 is 1.14 bits per heavy atom. The minimum absolute atomic E-state index is 0.00192. The molecule has 1 aromatic carbocycles. The molecule has 0 bridgehead atoms. The highest BCUT2D eigenvalue weighted by molar-refractivity contribution is 9.09. The Hall–Kier alpha value is -2.08. The zero-order valence-electron chi connectivity index (χ0n) is 11.3. The fraction of sp³-hybridized carbons (Fsp3) is 0.200. The second kappa shape index (κ2) is 7.64. The summed E-state index contributed by atoms with van der Waals surface area (Å²) in [6.45, 7) is 0.470. The fourth-order valence-corrected chi connectivity index (χ4v) is 2.04. The smallest absolute Gasteiger partial charge is 0.291 e. The van der Waals surface area contributed by atoms with Crippen LogP contribution in [0.25, 0.3) is 0 Å². The van der Waals surface area contributed by atoms with E-state index in [2.05, 4.69) is 26.6 Å². The number of furan rings is 1. The van der Waals surface area contributed by atoms with Crippen LogP contribution in [0.5, 0.6) is 0 Å². The number of anilines is 1. The van der Waals surface area contributed by atoms with Crippen molar-refractivity contribution in [1.82, 2.24) is 5.32 Å². The summed E-state index contributed by atoms with van der Waals surface area (Å²) in [5, 5.41) is 6.19. The highest BCUT2D eigenvalue weighted by atomic mass is 79.9. The summed E-state index contributed by atoms with van der Waals surface area (Å²) in [7, 11) is 0. The zero-order chi connectivity index (χ0) is 15.1. The van der Waals surface area contributed by atoms with Crippen LogP contribution in [0.4, 0.5) is 5.69 Å². The number of benzene rings is 1. The Bertz CT molecular complexity index is 594. The van der Waals surface area contributed by atoms with E-state index in [1.807, 2.05) is 12.1 Å². The number of hydrogen-bond acceptors (Lipinski definition) is 3. The number of amides is 2. The van der Waals surface area contributed by atoms with Crippen LogP contribution in [0.15, 0.2) is 47.1 Å². The molecule has 0 fully saturated rings. The van der Waals surface area contributed by atoms with Gasteiger partial charge in [-0.15, -0.1) is 0 Å². The van der Waals surface area contributed by atoms with Crippen molar-refractivity contribution in [3.05, 3.63) is 54.0 Å². The van der Waals surface area contributed by atoms with Gasteiger partial charge < -0.3 is 15.1 Å². The van der Waals surface area contributed by atoms with E-state index < -0.39 is 0 Å². The molecule has 1 heterocycles. The molecule has 2 N–H and O–H groups in total. The van der Waals surface area contributed by atoms with Crippen LogP contribution in [-0.4, -0.2) is 17.1 Å². The summed E-state index contributed by atoms with van der Waals surface area (Å²) < 4.78 is 5.02. The van der Waals surface area contributed by atoms with Gasteiger partial charge in [0.15, 0.2) is 5.76 Å². The van der Waals surface area contributed by atoms with Crippen molar-refractivity contribution in [1.29, 1.82) is 0 Å². The number of carbonyl (C=O) groups is 2. The minimum Gasteiger partial charge on any atom is -0.459 e. The first-order chi connectivity index (χ1) is 10.2. The normalized spacial score (nSPS) is 10.1. The van der Waals surface area contributed by atoms with E-state index in [9.17, 15) is 9.59 Å². The average Bonchev–Trinajstić information content (AvgIpc) is 3.01. The molecule has 2 aromatic rings. The maximum absolute atomic E-state index is 11.8. The maximum Gasteiger partial charge on any atom is 0.291 e. The standard InChI is InChI=1S/C15H15BrN2O3/c16-8-7-14(19)17-10-11-3-5-12(6-4-11)18-15(20)13-2-1-9-21-13/h1-6,9H,7-8,10H2,(H,17,19)(H,18,20). The molecule has 0 saturated heterocycles. The predicted octanol–water partition coefficient (Wildman–Crippen LogP) is 2.93. The molecule has 2 amide bonds. The first kappa shape index (κ1) is 15.3. The van der Waals surface area contributed by atoms with E-state index in [1.165, 1.54) is 6.26 Å². The summed E-state index contributed by atoms with van der Waals surface area (Å²) in [6, 6.07) is 10.5. The van der Waals surface area contributed by atoms with Gasteiger partial charge in [0, 0.05) is 24.0 Å². The highest BCUT2D eigenvalue weighted by Crippen LogP contribution is 2.11. The van der Waals surface area contributed by atoms with E-state index in [1.54, 1.807) is 24.3 Å². The Morgan fingerprint density at radius 2 is 1.90 bits per heavy atom. The summed E-state index contributed by atoms with van der Waals surface area (Å²) >= 11 is 3.22. The summed E-state index contributed by atoms with van der Waals surface area (Å²) in [6.07, 6.45) is 1.91.